The SMILES string of the molecule is CC[C@]1(C(=O)Nc2c(C#N)cnn2-c2ccc(-c3ccc(C4(C(=O)O)CC4)cc3)cc2)C=CC=CC1. The molecule has 0 bridgehead atoms. The van der Waals surface area contributed by atoms with Crippen LogP contribution in [0.2, 0.25) is 0 Å². The smallest absolute Gasteiger partial charge is 0.314 e. The van der Waals surface area contributed by atoms with Gasteiger partial charge in [-0.2, -0.15) is 10.4 Å². The first-order valence-corrected chi connectivity index (χ1v) is 12.0. The van der Waals surface area contributed by atoms with Crippen LogP contribution in [0.3, 0.4) is 0 Å². The van der Waals surface area contributed by atoms with Gasteiger partial charge in [0.1, 0.15) is 11.6 Å². The molecule has 7 heteroatoms. The molecule has 1 heterocycles. The maximum atomic E-state index is 13.3. The minimum Gasteiger partial charge on any atom is -0.481 e. The number of hydrogen-bond donors (Lipinski definition) is 2. The summed E-state index contributed by atoms with van der Waals surface area (Å²) < 4.78 is 1.57. The molecule has 0 aliphatic heterocycles. The van der Waals surface area contributed by atoms with Crippen molar-refractivity contribution in [3.05, 3.63) is 90.2 Å². The molecule has 1 saturated carbocycles. The predicted molar refractivity (Wildman–Crippen MR) is 137 cm³/mol. The number of carboxylic acids is 1. The summed E-state index contributed by atoms with van der Waals surface area (Å²) in [5.74, 6) is -0.589. The van der Waals surface area contributed by atoms with Gasteiger partial charge in [-0.3, -0.25) is 9.59 Å². The van der Waals surface area contributed by atoms with Gasteiger partial charge in [-0.05, 0) is 54.5 Å². The average molecular weight is 479 g/mol. The van der Waals surface area contributed by atoms with Gasteiger partial charge in [-0.1, -0.05) is 67.6 Å². The topological polar surface area (TPSA) is 108 Å². The molecular weight excluding hydrogens is 452 g/mol. The molecule has 36 heavy (non-hydrogen) atoms. The molecule has 0 unspecified atom stereocenters. The van der Waals surface area contributed by atoms with E-state index < -0.39 is 16.8 Å². The number of amides is 1. The van der Waals surface area contributed by atoms with Crippen LogP contribution in [0, 0.1) is 16.7 Å². The summed E-state index contributed by atoms with van der Waals surface area (Å²) in [6.45, 7) is 1.98. The number of carboxylic acid groups (broad SMARTS) is 1. The van der Waals surface area contributed by atoms with E-state index in [2.05, 4.69) is 16.5 Å². The van der Waals surface area contributed by atoms with Crippen molar-refractivity contribution in [2.45, 2.75) is 38.0 Å². The first-order valence-electron chi connectivity index (χ1n) is 12.0. The van der Waals surface area contributed by atoms with E-state index in [1.54, 1.807) is 4.68 Å². The third-order valence-corrected chi connectivity index (χ3v) is 7.39. The summed E-state index contributed by atoms with van der Waals surface area (Å²) in [6.07, 6.45) is 11.7. The van der Waals surface area contributed by atoms with Crippen molar-refractivity contribution >= 4 is 17.7 Å². The summed E-state index contributed by atoms with van der Waals surface area (Å²) in [7, 11) is 0. The molecule has 0 saturated heterocycles. The van der Waals surface area contributed by atoms with Gasteiger partial charge in [0.05, 0.1) is 22.7 Å². The minimum atomic E-state index is -0.765. The zero-order valence-corrected chi connectivity index (χ0v) is 19.9. The van der Waals surface area contributed by atoms with Crippen molar-refractivity contribution in [1.29, 1.82) is 5.26 Å². The third-order valence-electron chi connectivity index (χ3n) is 7.39. The van der Waals surface area contributed by atoms with Crippen LogP contribution < -0.4 is 5.32 Å². The number of benzene rings is 2. The highest BCUT2D eigenvalue weighted by molar-refractivity contribution is 5.97. The molecule has 180 valence electrons. The molecule has 1 fully saturated rings. The minimum absolute atomic E-state index is 0.171. The summed E-state index contributed by atoms with van der Waals surface area (Å²) in [4.78, 5) is 24.9. The van der Waals surface area contributed by atoms with Crippen LogP contribution in [0.5, 0.6) is 0 Å². The number of aliphatic carboxylic acids is 1. The van der Waals surface area contributed by atoms with E-state index in [-0.39, 0.29) is 11.5 Å². The molecule has 3 aromatic rings. The lowest BCUT2D eigenvalue weighted by atomic mass is 9.78. The van der Waals surface area contributed by atoms with E-state index in [1.807, 2.05) is 79.8 Å². The Kier molecular flexibility index (Phi) is 5.81. The average Bonchev–Trinajstić information content (AvgIpc) is 3.65. The summed E-state index contributed by atoms with van der Waals surface area (Å²) >= 11 is 0. The van der Waals surface area contributed by atoms with E-state index in [4.69, 9.17) is 0 Å². The molecule has 2 N–H and O–H groups in total. The lowest BCUT2D eigenvalue weighted by molar-refractivity contribution is -0.140. The fraction of sp³-hybridized carbons (Fsp3) is 0.241. The maximum Gasteiger partial charge on any atom is 0.314 e. The first kappa shape index (κ1) is 23.3. The molecule has 2 aliphatic carbocycles. The predicted octanol–water partition coefficient (Wildman–Crippen LogP) is 5.38. The van der Waals surface area contributed by atoms with Crippen LogP contribution in [-0.4, -0.2) is 26.8 Å². The van der Waals surface area contributed by atoms with Gasteiger partial charge in [-0.15, -0.1) is 0 Å². The number of nitrogens with one attached hydrogen (secondary N) is 1. The number of carbonyl (C=O) groups excluding carboxylic acids is 1. The number of anilines is 1. The highest BCUT2D eigenvalue weighted by atomic mass is 16.4. The molecule has 0 radical (unpaired) electrons. The molecule has 7 nitrogen and oxygen atoms in total. The number of hydrogen-bond acceptors (Lipinski definition) is 4. The molecule has 1 amide bonds. The van der Waals surface area contributed by atoms with Crippen molar-refractivity contribution < 1.29 is 14.7 Å². The fourth-order valence-corrected chi connectivity index (χ4v) is 4.76. The largest absolute Gasteiger partial charge is 0.481 e. The van der Waals surface area contributed by atoms with Crippen LogP contribution in [0.4, 0.5) is 5.82 Å². The second kappa shape index (κ2) is 8.97. The number of allylic oxidation sites excluding steroid dienone is 3. The van der Waals surface area contributed by atoms with E-state index in [0.29, 0.717) is 37.2 Å². The Balaban J connectivity index is 1.40. The highest BCUT2D eigenvalue weighted by Gasteiger charge is 2.51. The molecule has 2 aliphatic rings. The summed E-state index contributed by atoms with van der Waals surface area (Å²) in [6, 6.07) is 17.4. The van der Waals surface area contributed by atoms with Gasteiger partial charge in [0.2, 0.25) is 5.91 Å². The number of nitriles is 1. The van der Waals surface area contributed by atoms with Gasteiger partial charge in [0.25, 0.3) is 0 Å². The van der Waals surface area contributed by atoms with E-state index in [9.17, 15) is 20.0 Å². The molecular formula is C29H26N4O3. The van der Waals surface area contributed by atoms with Crippen molar-refractivity contribution in [3.63, 3.8) is 0 Å². The Hall–Kier alpha value is -4.44. The Bertz CT molecular complexity index is 1420. The summed E-state index contributed by atoms with van der Waals surface area (Å²) in [5, 5.41) is 26.5. The fourth-order valence-electron chi connectivity index (χ4n) is 4.76. The molecule has 2 aromatic carbocycles. The van der Waals surface area contributed by atoms with Crippen LogP contribution >= 0.6 is 0 Å². The summed E-state index contributed by atoms with van der Waals surface area (Å²) in [5.41, 5.74) is 2.39. The van der Waals surface area contributed by atoms with Crippen molar-refractivity contribution in [1.82, 2.24) is 9.78 Å². The molecule has 0 spiro atoms. The lowest BCUT2D eigenvalue weighted by Crippen LogP contribution is -2.35. The number of rotatable bonds is 7. The highest BCUT2D eigenvalue weighted by Crippen LogP contribution is 2.48. The maximum absolute atomic E-state index is 13.3. The van der Waals surface area contributed by atoms with Crippen molar-refractivity contribution in [3.8, 4) is 22.9 Å². The third kappa shape index (κ3) is 3.91. The van der Waals surface area contributed by atoms with Crippen LogP contribution in [0.15, 0.2) is 79.0 Å². The van der Waals surface area contributed by atoms with Gasteiger partial charge in [0, 0.05) is 0 Å². The van der Waals surface area contributed by atoms with E-state index in [0.717, 1.165) is 16.7 Å². The van der Waals surface area contributed by atoms with Crippen LogP contribution in [0.25, 0.3) is 16.8 Å². The van der Waals surface area contributed by atoms with E-state index >= 15 is 0 Å². The van der Waals surface area contributed by atoms with E-state index in [1.165, 1.54) is 6.20 Å². The Morgan fingerprint density at radius 1 is 1.08 bits per heavy atom. The zero-order valence-electron chi connectivity index (χ0n) is 19.9. The van der Waals surface area contributed by atoms with Crippen LogP contribution in [-0.2, 0) is 15.0 Å². The zero-order chi connectivity index (χ0) is 25.3. The van der Waals surface area contributed by atoms with Gasteiger partial charge in [0.15, 0.2) is 5.82 Å². The number of nitrogens with zero attached hydrogens (tertiary/aromatic N) is 3. The van der Waals surface area contributed by atoms with Crippen molar-refractivity contribution in [2.24, 2.45) is 5.41 Å². The monoisotopic (exact) mass is 478 g/mol. The Labute approximate surface area is 209 Å². The van der Waals surface area contributed by atoms with Gasteiger partial charge in [-0.25, -0.2) is 4.68 Å². The Morgan fingerprint density at radius 2 is 1.75 bits per heavy atom. The van der Waals surface area contributed by atoms with Gasteiger partial charge >= 0.3 is 5.97 Å². The second-order valence-electron chi connectivity index (χ2n) is 9.40. The number of carbonyl (C=O) groups is 2. The van der Waals surface area contributed by atoms with Crippen LogP contribution in [0.1, 0.15) is 43.7 Å². The molecule has 1 atom stereocenters. The molecule has 5 rings (SSSR count). The Morgan fingerprint density at radius 3 is 2.28 bits per heavy atom. The quantitative estimate of drug-likeness (QED) is 0.474. The van der Waals surface area contributed by atoms with Crippen molar-refractivity contribution in [2.75, 3.05) is 5.32 Å². The number of aromatic nitrogens is 2. The standard InChI is InChI=1S/C29H26N4O3/c1-2-28(14-4-3-5-15-28)26(34)32-25-22(18-30)19-31-33(25)24-12-8-21(9-13-24)20-6-10-23(11-7-20)29(16-17-29)27(35)36/h3-14,19H,2,15-17H2,1H3,(H,32,34)(H,35,36)/t28-/m0/s1. The lowest BCUT2D eigenvalue weighted by Gasteiger charge is -2.28. The van der Waals surface area contributed by atoms with Gasteiger partial charge < -0.3 is 10.4 Å². The second-order valence-corrected chi connectivity index (χ2v) is 9.40. The first-order chi connectivity index (χ1) is 17.4. The molecule has 1 aromatic heterocycles. The normalized spacial score (nSPS) is 19.4.